The van der Waals surface area contributed by atoms with E-state index in [1.54, 1.807) is 19.1 Å². The third-order valence-electron chi connectivity index (χ3n) is 5.67. The molecule has 1 heterocycles. The summed E-state index contributed by atoms with van der Waals surface area (Å²) in [5.74, 6) is 0. The number of benzene rings is 3. The van der Waals surface area contributed by atoms with Gasteiger partial charge in [0, 0.05) is 18.5 Å². The molecular formula is C25H21F3N2O3S. The molecule has 9 heteroatoms. The third kappa shape index (κ3) is 4.56. The predicted octanol–water partition coefficient (Wildman–Crippen LogP) is 5.74. The van der Waals surface area contributed by atoms with Gasteiger partial charge in [-0.05, 0) is 59.5 Å². The van der Waals surface area contributed by atoms with Gasteiger partial charge in [0.15, 0.2) is 9.84 Å². The Kier molecular flexibility index (Phi) is 5.99. The monoisotopic (exact) mass is 486 g/mol. The summed E-state index contributed by atoms with van der Waals surface area (Å²) >= 11 is 0. The molecule has 1 N–H and O–H groups in total. The number of nitrogens with one attached hydrogen (secondary N) is 1. The highest BCUT2D eigenvalue weighted by Crippen LogP contribution is 2.37. The van der Waals surface area contributed by atoms with E-state index >= 15 is 0 Å². The normalized spacial score (nSPS) is 14.9. The van der Waals surface area contributed by atoms with Crippen molar-refractivity contribution in [2.24, 2.45) is 0 Å². The van der Waals surface area contributed by atoms with E-state index in [4.69, 9.17) is 0 Å². The number of urea groups is 1. The molecule has 0 fully saturated rings. The van der Waals surface area contributed by atoms with Gasteiger partial charge < -0.3 is 5.32 Å². The van der Waals surface area contributed by atoms with Gasteiger partial charge in [0.05, 0.1) is 16.1 Å². The standard InChI is InChI=1S/C25H21F3N2O3S/c1-16-23(15-29-24(31)30(16)19-7-5-6-18(14-19)25(26,27)28)22-9-4-3-8-21(22)17-10-12-20(13-11-17)34(2,32)33/h3-14H,15H2,1-2H3,(H,29,31). The summed E-state index contributed by atoms with van der Waals surface area (Å²) in [4.78, 5) is 14.1. The Balaban J connectivity index is 1.81. The number of hydrogen-bond acceptors (Lipinski definition) is 3. The SMILES string of the molecule is CC1=C(c2ccccc2-c2ccc(S(C)(=O)=O)cc2)CNC(=O)N1c1cccc(C(F)(F)F)c1. The molecule has 0 radical (unpaired) electrons. The fraction of sp³-hybridized carbons (Fsp3) is 0.160. The van der Waals surface area contributed by atoms with Crippen LogP contribution in [-0.2, 0) is 16.0 Å². The molecule has 0 saturated heterocycles. The van der Waals surface area contributed by atoms with Crippen molar-refractivity contribution >= 4 is 27.1 Å². The van der Waals surface area contributed by atoms with E-state index in [9.17, 15) is 26.4 Å². The topological polar surface area (TPSA) is 66.5 Å². The summed E-state index contributed by atoms with van der Waals surface area (Å²) in [6.45, 7) is 1.89. The number of halogens is 3. The van der Waals surface area contributed by atoms with Crippen molar-refractivity contribution in [1.29, 1.82) is 0 Å². The van der Waals surface area contributed by atoms with Crippen molar-refractivity contribution in [3.8, 4) is 11.1 Å². The molecule has 34 heavy (non-hydrogen) atoms. The Hall–Kier alpha value is -3.59. The van der Waals surface area contributed by atoms with Gasteiger partial charge in [-0.3, -0.25) is 4.90 Å². The van der Waals surface area contributed by atoms with Crippen LogP contribution in [0, 0.1) is 0 Å². The molecule has 0 spiro atoms. The largest absolute Gasteiger partial charge is 0.416 e. The number of amides is 2. The molecule has 1 aliphatic rings. The second-order valence-electron chi connectivity index (χ2n) is 7.95. The number of nitrogens with zero attached hydrogens (tertiary/aromatic N) is 1. The lowest BCUT2D eigenvalue weighted by Crippen LogP contribution is -2.44. The summed E-state index contributed by atoms with van der Waals surface area (Å²) in [6, 6.07) is 18.0. The number of hydrogen-bond donors (Lipinski definition) is 1. The van der Waals surface area contributed by atoms with Crippen molar-refractivity contribution < 1.29 is 26.4 Å². The van der Waals surface area contributed by atoms with Gasteiger partial charge in [-0.1, -0.05) is 42.5 Å². The smallest absolute Gasteiger partial charge is 0.333 e. The number of alkyl halides is 3. The molecule has 0 atom stereocenters. The first-order chi connectivity index (χ1) is 16.0. The number of sulfone groups is 1. The number of carbonyl (C=O) groups is 1. The molecule has 2 amide bonds. The zero-order valence-electron chi connectivity index (χ0n) is 18.3. The Morgan fingerprint density at radius 3 is 2.18 bits per heavy atom. The Labute approximate surface area is 195 Å². The fourth-order valence-electron chi connectivity index (χ4n) is 3.96. The summed E-state index contributed by atoms with van der Waals surface area (Å²) in [5.41, 5.74) is 2.86. The van der Waals surface area contributed by atoms with Gasteiger partial charge in [0.25, 0.3) is 0 Å². The molecule has 176 valence electrons. The van der Waals surface area contributed by atoms with Crippen LogP contribution in [0.5, 0.6) is 0 Å². The molecule has 1 aliphatic heterocycles. The van der Waals surface area contributed by atoms with Gasteiger partial charge in [0.1, 0.15) is 0 Å². The molecule has 0 aromatic heterocycles. The molecule has 4 rings (SSSR count). The van der Waals surface area contributed by atoms with Crippen molar-refractivity contribution in [2.75, 3.05) is 17.7 Å². The summed E-state index contributed by atoms with van der Waals surface area (Å²) < 4.78 is 63.3. The minimum atomic E-state index is -4.53. The van der Waals surface area contributed by atoms with E-state index in [0.29, 0.717) is 5.70 Å². The van der Waals surface area contributed by atoms with Crippen LogP contribution in [0.4, 0.5) is 23.7 Å². The van der Waals surface area contributed by atoms with Crippen molar-refractivity contribution in [1.82, 2.24) is 5.32 Å². The first-order valence-corrected chi connectivity index (χ1v) is 12.2. The zero-order valence-corrected chi connectivity index (χ0v) is 19.2. The third-order valence-corrected chi connectivity index (χ3v) is 6.80. The Morgan fingerprint density at radius 2 is 1.56 bits per heavy atom. The van der Waals surface area contributed by atoms with Crippen LogP contribution in [0.15, 0.2) is 83.4 Å². The van der Waals surface area contributed by atoms with E-state index in [0.717, 1.165) is 40.7 Å². The van der Waals surface area contributed by atoms with Crippen LogP contribution in [0.3, 0.4) is 0 Å². The van der Waals surface area contributed by atoms with E-state index < -0.39 is 27.6 Å². The molecule has 0 aliphatic carbocycles. The average Bonchev–Trinajstić information content (AvgIpc) is 2.78. The van der Waals surface area contributed by atoms with Gasteiger partial charge in [0.2, 0.25) is 0 Å². The van der Waals surface area contributed by atoms with Crippen molar-refractivity contribution in [3.63, 3.8) is 0 Å². The van der Waals surface area contributed by atoms with E-state index in [2.05, 4.69) is 5.32 Å². The average molecular weight is 487 g/mol. The van der Waals surface area contributed by atoms with Crippen LogP contribution in [0.2, 0.25) is 0 Å². The molecular weight excluding hydrogens is 465 g/mol. The molecule has 0 bridgehead atoms. The highest BCUT2D eigenvalue weighted by Gasteiger charge is 2.33. The number of allylic oxidation sites excluding steroid dienone is 1. The molecule has 3 aromatic rings. The maximum atomic E-state index is 13.2. The predicted molar refractivity (Wildman–Crippen MR) is 125 cm³/mol. The maximum Gasteiger partial charge on any atom is 0.416 e. The van der Waals surface area contributed by atoms with Crippen LogP contribution in [0.25, 0.3) is 16.7 Å². The lowest BCUT2D eigenvalue weighted by molar-refractivity contribution is -0.137. The second-order valence-corrected chi connectivity index (χ2v) is 9.96. The Bertz CT molecular complexity index is 1400. The van der Waals surface area contributed by atoms with E-state index in [-0.39, 0.29) is 17.1 Å². The highest BCUT2D eigenvalue weighted by atomic mass is 32.2. The van der Waals surface area contributed by atoms with Crippen LogP contribution in [0.1, 0.15) is 18.1 Å². The lowest BCUT2D eigenvalue weighted by atomic mass is 9.92. The van der Waals surface area contributed by atoms with Crippen LogP contribution < -0.4 is 10.2 Å². The molecule has 0 saturated carbocycles. The zero-order chi connectivity index (χ0) is 24.7. The Morgan fingerprint density at radius 1 is 0.912 bits per heavy atom. The second kappa shape index (κ2) is 8.64. The molecule has 3 aromatic carbocycles. The van der Waals surface area contributed by atoms with Crippen molar-refractivity contribution in [2.45, 2.75) is 18.0 Å². The van der Waals surface area contributed by atoms with Gasteiger partial charge in [-0.25, -0.2) is 13.2 Å². The van der Waals surface area contributed by atoms with E-state index in [1.165, 1.54) is 29.2 Å². The first-order valence-electron chi connectivity index (χ1n) is 10.3. The van der Waals surface area contributed by atoms with Gasteiger partial charge in [-0.2, -0.15) is 13.2 Å². The summed E-state index contributed by atoms with van der Waals surface area (Å²) in [6.07, 6.45) is -3.40. The number of carbonyl (C=O) groups excluding carboxylic acids is 1. The van der Waals surface area contributed by atoms with Gasteiger partial charge >= 0.3 is 12.2 Å². The van der Waals surface area contributed by atoms with Gasteiger partial charge in [-0.15, -0.1) is 0 Å². The van der Waals surface area contributed by atoms with Crippen LogP contribution in [-0.4, -0.2) is 27.2 Å². The fourth-order valence-corrected chi connectivity index (χ4v) is 4.59. The number of rotatable bonds is 4. The minimum absolute atomic E-state index is 0.108. The highest BCUT2D eigenvalue weighted by molar-refractivity contribution is 7.90. The lowest BCUT2D eigenvalue weighted by Gasteiger charge is -2.32. The molecule has 5 nitrogen and oxygen atoms in total. The minimum Gasteiger partial charge on any atom is -0.333 e. The van der Waals surface area contributed by atoms with Crippen molar-refractivity contribution in [3.05, 3.63) is 89.6 Å². The summed E-state index contributed by atoms with van der Waals surface area (Å²) in [7, 11) is -3.34. The molecule has 0 unspecified atom stereocenters. The quantitative estimate of drug-likeness (QED) is 0.512. The summed E-state index contributed by atoms with van der Waals surface area (Å²) in [5, 5.41) is 2.74. The van der Waals surface area contributed by atoms with Crippen LogP contribution >= 0.6 is 0 Å². The first kappa shape index (κ1) is 23.6. The maximum absolute atomic E-state index is 13.2. The van der Waals surface area contributed by atoms with E-state index in [1.807, 2.05) is 24.3 Å². The number of anilines is 1.